The van der Waals surface area contributed by atoms with E-state index >= 15 is 0 Å². The highest BCUT2D eigenvalue weighted by Gasteiger charge is 2.30. The molecule has 0 aromatic heterocycles. The van der Waals surface area contributed by atoms with Crippen LogP contribution in [0.3, 0.4) is 0 Å². The minimum absolute atomic E-state index is 0.149. The van der Waals surface area contributed by atoms with Gasteiger partial charge in [-0.25, -0.2) is 0 Å². The molecule has 0 N–H and O–H groups in total. The lowest BCUT2D eigenvalue weighted by Crippen LogP contribution is -2.25. The summed E-state index contributed by atoms with van der Waals surface area (Å²) in [5.74, 6) is 0.516. The van der Waals surface area contributed by atoms with Crippen molar-refractivity contribution in [3.8, 4) is 0 Å². The van der Waals surface area contributed by atoms with Gasteiger partial charge in [0.05, 0.1) is 13.0 Å². The number of ether oxygens (including phenoxy) is 2. The van der Waals surface area contributed by atoms with Gasteiger partial charge in [0.2, 0.25) is 0 Å². The maximum atomic E-state index is 12.2. The van der Waals surface area contributed by atoms with Gasteiger partial charge in [-0.05, 0) is 11.1 Å². The SMILES string of the molecule is [O-][N+]1=C(OCc2ccccc2)CCC1COCc1ccccc1. The second-order valence-electron chi connectivity index (χ2n) is 5.69. The van der Waals surface area contributed by atoms with Crippen LogP contribution in [-0.2, 0) is 22.7 Å². The zero-order valence-corrected chi connectivity index (χ0v) is 13.1. The van der Waals surface area contributed by atoms with E-state index in [1.54, 1.807) is 0 Å². The second-order valence-corrected chi connectivity index (χ2v) is 5.69. The van der Waals surface area contributed by atoms with E-state index in [0.29, 0.717) is 32.1 Å². The van der Waals surface area contributed by atoms with Crippen LogP contribution in [0.1, 0.15) is 24.0 Å². The molecule has 23 heavy (non-hydrogen) atoms. The third-order valence-electron chi connectivity index (χ3n) is 3.94. The largest absolute Gasteiger partial charge is 0.621 e. The van der Waals surface area contributed by atoms with Gasteiger partial charge in [0, 0.05) is 6.42 Å². The first-order chi connectivity index (χ1) is 11.3. The topological polar surface area (TPSA) is 44.5 Å². The number of benzene rings is 2. The predicted molar refractivity (Wildman–Crippen MR) is 89.0 cm³/mol. The molecule has 0 bridgehead atoms. The van der Waals surface area contributed by atoms with E-state index in [1.165, 1.54) is 0 Å². The molecule has 0 saturated heterocycles. The quantitative estimate of drug-likeness (QED) is 0.606. The first-order valence-corrected chi connectivity index (χ1v) is 7.93. The summed E-state index contributed by atoms with van der Waals surface area (Å²) in [6.07, 6.45) is 1.46. The summed E-state index contributed by atoms with van der Waals surface area (Å²) < 4.78 is 12.3. The molecule has 0 amide bonds. The van der Waals surface area contributed by atoms with Gasteiger partial charge >= 0.3 is 5.90 Å². The fourth-order valence-electron chi connectivity index (χ4n) is 2.64. The molecule has 3 rings (SSSR count). The van der Waals surface area contributed by atoms with E-state index in [1.807, 2.05) is 60.7 Å². The van der Waals surface area contributed by atoms with E-state index in [9.17, 15) is 5.21 Å². The summed E-state index contributed by atoms with van der Waals surface area (Å²) >= 11 is 0. The highest BCUT2D eigenvalue weighted by atomic mass is 16.6. The van der Waals surface area contributed by atoms with Crippen LogP contribution in [0, 0.1) is 5.21 Å². The molecule has 2 aromatic carbocycles. The van der Waals surface area contributed by atoms with Crippen molar-refractivity contribution in [1.82, 2.24) is 0 Å². The number of hydroxylamine groups is 1. The molecule has 0 spiro atoms. The van der Waals surface area contributed by atoms with E-state index in [4.69, 9.17) is 9.47 Å². The van der Waals surface area contributed by atoms with Crippen LogP contribution < -0.4 is 0 Å². The normalized spacial score (nSPS) is 17.5. The van der Waals surface area contributed by atoms with Crippen LogP contribution >= 0.6 is 0 Å². The smallest absolute Gasteiger partial charge is 0.348 e. The Morgan fingerprint density at radius 1 is 0.913 bits per heavy atom. The molecule has 2 aromatic rings. The number of rotatable bonds is 6. The summed E-state index contributed by atoms with van der Waals surface area (Å²) in [4.78, 5) is 0. The molecule has 120 valence electrons. The van der Waals surface area contributed by atoms with Crippen LogP contribution in [0.5, 0.6) is 0 Å². The van der Waals surface area contributed by atoms with Crippen LogP contribution in [0.4, 0.5) is 0 Å². The minimum Gasteiger partial charge on any atom is -0.621 e. The molecule has 1 aliphatic heterocycles. The Hall–Kier alpha value is -2.33. The van der Waals surface area contributed by atoms with Crippen molar-refractivity contribution in [1.29, 1.82) is 0 Å². The van der Waals surface area contributed by atoms with Gasteiger partial charge in [-0.2, -0.15) is 4.74 Å². The number of nitrogens with zero attached hydrogens (tertiary/aromatic N) is 1. The van der Waals surface area contributed by atoms with Gasteiger partial charge in [0.1, 0.15) is 13.2 Å². The first-order valence-electron chi connectivity index (χ1n) is 7.93. The van der Waals surface area contributed by atoms with Crippen LogP contribution in [-0.4, -0.2) is 23.3 Å². The molecular weight excluding hydrogens is 290 g/mol. The highest BCUT2D eigenvalue weighted by molar-refractivity contribution is 5.72. The van der Waals surface area contributed by atoms with Crippen molar-refractivity contribution >= 4 is 5.90 Å². The van der Waals surface area contributed by atoms with Gasteiger partial charge in [-0.15, -0.1) is 0 Å². The number of hydrogen-bond donors (Lipinski definition) is 0. The van der Waals surface area contributed by atoms with Crippen LogP contribution in [0.25, 0.3) is 0 Å². The molecule has 1 heterocycles. The molecule has 1 aliphatic rings. The lowest BCUT2D eigenvalue weighted by atomic mass is 10.2. The molecule has 0 saturated carbocycles. The fraction of sp³-hybridized carbons (Fsp3) is 0.316. The summed E-state index contributed by atoms with van der Waals surface area (Å²) in [5, 5.41) is 12.2. The number of hydrogen-bond acceptors (Lipinski definition) is 3. The lowest BCUT2D eigenvalue weighted by Gasteiger charge is -2.12. The van der Waals surface area contributed by atoms with Gasteiger partial charge in [-0.1, -0.05) is 60.7 Å². The molecule has 4 nitrogen and oxygen atoms in total. The fourth-order valence-corrected chi connectivity index (χ4v) is 2.64. The van der Waals surface area contributed by atoms with Crippen molar-refractivity contribution in [2.75, 3.05) is 6.61 Å². The van der Waals surface area contributed by atoms with E-state index in [0.717, 1.165) is 22.3 Å². The third kappa shape index (κ3) is 4.33. The minimum atomic E-state index is -0.149. The lowest BCUT2D eigenvalue weighted by molar-refractivity contribution is -0.505. The average Bonchev–Trinajstić information content (AvgIpc) is 2.95. The molecule has 0 radical (unpaired) electrons. The third-order valence-corrected chi connectivity index (χ3v) is 3.94. The Morgan fingerprint density at radius 3 is 2.17 bits per heavy atom. The van der Waals surface area contributed by atoms with Crippen LogP contribution in [0.2, 0.25) is 0 Å². The molecule has 4 heteroatoms. The average molecular weight is 311 g/mol. The predicted octanol–water partition coefficient (Wildman–Crippen LogP) is 3.49. The van der Waals surface area contributed by atoms with Gasteiger partial charge < -0.3 is 14.7 Å². The summed E-state index contributed by atoms with van der Waals surface area (Å²) in [5.41, 5.74) is 2.18. The molecular formula is C19H21NO3. The zero-order chi connectivity index (χ0) is 15.9. The molecule has 0 fully saturated rings. The molecule has 1 unspecified atom stereocenters. The van der Waals surface area contributed by atoms with E-state index < -0.39 is 0 Å². The monoisotopic (exact) mass is 311 g/mol. The Bertz CT molecular complexity index is 640. The van der Waals surface area contributed by atoms with Crippen molar-refractivity contribution in [3.63, 3.8) is 0 Å². The highest BCUT2D eigenvalue weighted by Crippen LogP contribution is 2.16. The van der Waals surface area contributed by atoms with Gasteiger partial charge in [0.25, 0.3) is 0 Å². The molecule has 0 aliphatic carbocycles. The first kappa shape index (κ1) is 15.6. The maximum Gasteiger partial charge on any atom is 0.348 e. The van der Waals surface area contributed by atoms with Gasteiger partial charge in [0.15, 0.2) is 6.04 Å². The Balaban J connectivity index is 1.47. The zero-order valence-electron chi connectivity index (χ0n) is 13.1. The van der Waals surface area contributed by atoms with E-state index in [2.05, 4.69) is 0 Å². The summed E-state index contributed by atoms with van der Waals surface area (Å²) in [7, 11) is 0. The Labute approximate surface area is 136 Å². The Morgan fingerprint density at radius 2 is 1.52 bits per heavy atom. The van der Waals surface area contributed by atoms with Crippen molar-refractivity contribution in [2.24, 2.45) is 0 Å². The maximum absolute atomic E-state index is 12.2. The van der Waals surface area contributed by atoms with E-state index in [-0.39, 0.29) is 6.04 Å². The second kappa shape index (κ2) is 7.79. The Kier molecular flexibility index (Phi) is 5.27. The van der Waals surface area contributed by atoms with Crippen LogP contribution in [0.15, 0.2) is 60.7 Å². The van der Waals surface area contributed by atoms with Crippen molar-refractivity contribution in [2.45, 2.75) is 32.1 Å². The summed E-state index contributed by atoms with van der Waals surface area (Å²) in [6, 6.07) is 19.7. The van der Waals surface area contributed by atoms with Crippen molar-refractivity contribution in [3.05, 3.63) is 77.0 Å². The van der Waals surface area contributed by atoms with Gasteiger partial charge in [-0.3, -0.25) is 0 Å². The summed E-state index contributed by atoms with van der Waals surface area (Å²) in [6.45, 7) is 1.40. The standard InChI is InChI=1S/C19H21NO3/c21-20-18(15-22-13-16-7-3-1-4-8-16)11-12-19(20)23-14-17-9-5-2-6-10-17/h1-10,18H,11-15H2. The molecule has 1 atom stereocenters. The van der Waals surface area contributed by atoms with Crippen molar-refractivity contribution < 1.29 is 14.2 Å².